The van der Waals surface area contributed by atoms with Crippen molar-refractivity contribution in [2.45, 2.75) is 68.8 Å². The van der Waals surface area contributed by atoms with E-state index in [4.69, 9.17) is 13.9 Å². The number of ether oxygens (including phenoxy) is 2. The van der Waals surface area contributed by atoms with Crippen molar-refractivity contribution in [3.05, 3.63) is 64.2 Å². The standard InChI is InChI=1S/C25H32N2O7SSi/c1-25(2,3)36(4,5)34-19-9-12-21(17-6-13-23-24(14-17)33-16-32-23)22(15-19)26-35(30,31)20-10-7-18(8-11-20)27(28)29/h6-8,10-14,19,22,26H,9,15-16H2,1-5H3/t19-,22-/m0/s1. The molecule has 194 valence electrons. The van der Waals surface area contributed by atoms with Crippen molar-refractivity contribution in [1.29, 1.82) is 0 Å². The minimum atomic E-state index is -3.96. The van der Waals surface area contributed by atoms with E-state index >= 15 is 0 Å². The molecule has 0 amide bonds. The topological polar surface area (TPSA) is 117 Å². The van der Waals surface area contributed by atoms with E-state index in [1.54, 1.807) is 0 Å². The molecule has 0 aromatic heterocycles. The maximum Gasteiger partial charge on any atom is 0.269 e. The highest BCUT2D eigenvalue weighted by Gasteiger charge is 2.41. The summed E-state index contributed by atoms with van der Waals surface area (Å²) in [6.45, 7) is 11.0. The molecule has 11 heteroatoms. The van der Waals surface area contributed by atoms with Gasteiger partial charge in [-0.3, -0.25) is 10.1 Å². The third-order valence-corrected chi connectivity index (χ3v) is 13.1. The van der Waals surface area contributed by atoms with E-state index in [2.05, 4.69) is 38.6 Å². The van der Waals surface area contributed by atoms with E-state index in [-0.39, 0.29) is 28.5 Å². The van der Waals surface area contributed by atoms with Crippen LogP contribution in [0.5, 0.6) is 11.5 Å². The normalized spacial score (nSPS) is 20.2. The van der Waals surface area contributed by atoms with E-state index in [9.17, 15) is 18.5 Å². The number of fused-ring (bicyclic) bond motifs is 1. The van der Waals surface area contributed by atoms with Crippen LogP contribution in [0.1, 0.15) is 39.2 Å². The Morgan fingerprint density at radius 1 is 1.08 bits per heavy atom. The Hall–Kier alpha value is -2.73. The number of non-ortho nitro benzene ring substituents is 1. The molecule has 0 spiro atoms. The number of nitro benzene ring substituents is 1. The van der Waals surface area contributed by atoms with Gasteiger partial charge in [0.2, 0.25) is 16.8 Å². The third-order valence-electron chi connectivity index (χ3n) is 7.10. The van der Waals surface area contributed by atoms with Crippen molar-refractivity contribution < 1.29 is 27.2 Å². The minimum Gasteiger partial charge on any atom is -0.454 e. The lowest BCUT2D eigenvalue weighted by Crippen LogP contribution is -2.47. The molecule has 9 nitrogen and oxygen atoms in total. The van der Waals surface area contributed by atoms with Crippen LogP contribution in [-0.2, 0) is 14.4 Å². The van der Waals surface area contributed by atoms with Crippen molar-refractivity contribution in [3.8, 4) is 11.5 Å². The summed E-state index contributed by atoms with van der Waals surface area (Å²) in [6, 6.07) is 9.87. The summed E-state index contributed by atoms with van der Waals surface area (Å²) >= 11 is 0. The molecule has 0 saturated carbocycles. The number of hydrogen-bond donors (Lipinski definition) is 1. The fourth-order valence-corrected chi connectivity index (χ4v) is 6.69. The Bertz CT molecular complexity index is 1280. The fraction of sp³-hybridized carbons (Fsp3) is 0.440. The first kappa shape index (κ1) is 26.3. The Kier molecular flexibility index (Phi) is 7.04. The van der Waals surface area contributed by atoms with Crippen molar-refractivity contribution in [2.75, 3.05) is 6.79 Å². The van der Waals surface area contributed by atoms with Crippen LogP contribution in [0.4, 0.5) is 5.69 Å². The summed E-state index contributed by atoms with van der Waals surface area (Å²) in [5.74, 6) is 1.27. The quantitative estimate of drug-likeness (QED) is 0.294. The molecule has 2 aromatic carbocycles. The number of benzene rings is 2. The summed E-state index contributed by atoms with van der Waals surface area (Å²) in [6.07, 6.45) is 3.00. The highest BCUT2D eigenvalue weighted by molar-refractivity contribution is 7.89. The SMILES string of the molecule is CC(C)(C)[Si](C)(C)O[C@H]1CC=C(c2ccc3c(c2)OCO3)[C@@H](NS(=O)(=O)c2ccc([N+](=O)[O-])cc2)C1. The maximum atomic E-state index is 13.3. The number of nitrogens with zero attached hydrogens (tertiary/aromatic N) is 1. The molecule has 0 fully saturated rings. The molecule has 0 bridgehead atoms. The second kappa shape index (κ2) is 9.62. The van der Waals surface area contributed by atoms with Crippen molar-refractivity contribution in [2.24, 2.45) is 0 Å². The van der Waals surface area contributed by atoms with Gasteiger partial charge in [-0.15, -0.1) is 0 Å². The number of hydrogen-bond acceptors (Lipinski definition) is 7. The first-order valence-corrected chi connectivity index (χ1v) is 16.2. The molecular weight excluding hydrogens is 500 g/mol. The average Bonchev–Trinajstić information content (AvgIpc) is 3.26. The minimum absolute atomic E-state index is 0.0159. The number of nitrogens with one attached hydrogen (secondary N) is 1. The zero-order chi connectivity index (χ0) is 26.3. The van der Waals surface area contributed by atoms with E-state index in [1.807, 2.05) is 24.3 Å². The molecule has 2 aromatic rings. The summed E-state index contributed by atoms with van der Waals surface area (Å²) < 4.78 is 47.0. The molecule has 0 radical (unpaired) electrons. The number of nitro groups is 1. The largest absolute Gasteiger partial charge is 0.454 e. The van der Waals surface area contributed by atoms with Gasteiger partial charge in [0.1, 0.15) is 0 Å². The van der Waals surface area contributed by atoms with Gasteiger partial charge < -0.3 is 13.9 Å². The molecule has 2 aliphatic rings. The Labute approximate surface area is 212 Å². The summed E-state index contributed by atoms with van der Waals surface area (Å²) in [5, 5.41) is 11.0. The molecule has 4 rings (SSSR count). The summed E-state index contributed by atoms with van der Waals surface area (Å²) in [5.41, 5.74) is 1.49. The maximum absolute atomic E-state index is 13.3. The lowest BCUT2D eigenvalue weighted by atomic mass is 9.88. The number of rotatable bonds is 7. The van der Waals surface area contributed by atoms with Crippen LogP contribution < -0.4 is 14.2 Å². The third kappa shape index (κ3) is 5.48. The molecule has 2 atom stereocenters. The zero-order valence-corrected chi connectivity index (χ0v) is 22.9. The molecule has 1 heterocycles. The van der Waals surface area contributed by atoms with Crippen LogP contribution in [0.3, 0.4) is 0 Å². The highest BCUT2D eigenvalue weighted by atomic mass is 32.2. The van der Waals surface area contributed by atoms with Gasteiger partial charge >= 0.3 is 0 Å². The Morgan fingerprint density at radius 2 is 1.75 bits per heavy atom. The first-order valence-electron chi connectivity index (χ1n) is 11.8. The predicted octanol–water partition coefficient (Wildman–Crippen LogP) is 5.24. The van der Waals surface area contributed by atoms with E-state index in [0.717, 1.165) is 11.1 Å². The van der Waals surface area contributed by atoms with Gasteiger partial charge in [-0.05, 0) is 66.4 Å². The molecule has 1 aliphatic heterocycles. The molecule has 0 unspecified atom stereocenters. The van der Waals surface area contributed by atoms with Gasteiger partial charge in [0.15, 0.2) is 19.8 Å². The summed E-state index contributed by atoms with van der Waals surface area (Å²) in [7, 11) is -6.05. The smallest absolute Gasteiger partial charge is 0.269 e. The van der Waals surface area contributed by atoms with Crippen LogP contribution in [0, 0.1) is 10.1 Å². The van der Waals surface area contributed by atoms with Crippen molar-refractivity contribution in [3.63, 3.8) is 0 Å². The molecule has 36 heavy (non-hydrogen) atoms. The van der Waals surface area contributed by atoms with Gasteiger partial charge in [0.05, 0.1) is 15.9 Å². The van der Waals surface area contributed by atoms with Gasteiger partial charge in [-0.1, -0.05) is 32.9 Å². The van der Waals surface area contributed by atoms with E-state index in [1.165, 1.54) is 24.3 Å². The second-order valence-electron chi connectivity index (χ2n) is 10.6. The first-order chi connectivity index (χ1) is 16.8. The van der Waals surface area contributed by atoms with Crippen LogP contribution >= 0.6 is 0 Å². The molecular formula is C25H32N2O7SSi. The van der Waals surface area contributed by atoms with E-state index < -0.39 is 29.3 Å². The van der Waals surface area contributed by atoms with Crippen LogP contribution in [0.15, 0.2) is 53.4 Å². The number of sulfonamides is 1. The van der Waals surface area contributed by atoms with Gasteiger partial charge in [-0.2, -0.15) is 0 Å². The van der Waals surface area contributed by atoms with Gasteiger partial charge in [0, 0.05) is 18.2 Å². The zero-order valence-electron chi connectivity index (χ0n) is 21.1. The fourth-order valence-electron chi connectivity index (χ4n) is 4.09. The molecule has 1 N–H and O–H groups in total. The van der Waals surface area contributed by atoms with Crippen LogP contribution in [-0.4, -0.2) is 40.6 Å². The molecule has 1 aliphatic carbocycles. The van der Waals surface area contributed by atoms with E-state index in [0.29, 0.717) is 24.3 Å². The summed E-state index contributed by atoms with van der Waals surface area (Å²) in [4.78, 5) is 10.4. The Morgan fingerprint density at radius 3 is 2.39 bits per heavy atom. The molecule has 0 saturated heterocycles. The van der Waals surface area contributed by atoms with Gasteiger partial charge in [-0.25, -0.2) is 13.1 Å². The predicted molar refractivity (Wildman–Crippen MR) is 139 cm³/mol. The van der Waals surface area contributed by atoms with Crippen LogP contribution in [0.25, 0.3) is 5.57 Å². The lowest BCUT2D eigenvalue weighted by molar-refractivity contribution is -0.384. The average molecular weight is 533 g/mol. The van der Waals surface area contributed by atoms with Crippen molar-refractivity contribution in [1.82, 2.24) is 4.72 Å². The van der Waals surface area contributed by atoms with Crippen molar-refractivity contribution >= 4 is 29.6 Å². The van der Waals surface area contributed by atoms with Gasteiger partial charge in [0.25, 0.3) is 5.69 Å². The lowest BCUT2D eigenvalue weighted by Gasteiger charge is -2.41. The highest BCUT2D eigenvalue weighted by Crippen LogP contribution is 2.41. The Balaban J connectivity index is 1.65. The monoisotopic (exact) mass is 532 g/mol. The second-order valence-corrected chi connectivity index (χ2v) is 17.1. The van der Waals surface area contributed by atoms with Crippen LogP contribution in [0.2, 0.25) is 18.1 Å².